The molecule has 6 N–H and O–H groups in total. The van der Waals surface area contributed by atoms with Crippen LogP contribution in [0.5, 0.6) is 0 Å². The molecule has 10 nitrogen and oxygen atoms in total. The molecule has 0 bridgehead atoms. The van der Waals surface area contributed by atoms with Gasteiger partial charge in [0.15, 0.2) is 0 Å². The number of hydrogen-bond acceptors (Lipinski definition) is 6. The summed E-state index contributed by atoms with van der Waals surface area (Å²) >= 11 is 0. The molecular weight excluding hydrogens is 436 g/mol. The molecule has 1 aromatic heterocycles. The maximum atomic E-state index is 10.8. The Morgan fingerprint density at radius 1 is 1.03 bits per heavy atom. The molecule has 1 aromatic rings. The van der Waals surface area contributed by atoms with Crippen molar-refractivity contribution in [3.63, 3.8) is 0 Å². The van der Waals surface area contributed by atoms with Crippen LogP contribution in [0.15, 0.2) is 18.5 Å². The van der Waals surface area contributed by atoms with Crippen LogP contribution in [0, 0.1) is 0 Å². The topological polar surface area (TPSA) is 174 Å². The van der Waals surface area contributed by atoms with Crippen LogP contribution in [0.2, 0.25) is 0 Å². The fourth-order valence-corrected chi connectivity index (χ4v) is 2.01. The molecule has 1 aliphatic heterocycles. The zero-order valence-corrected chi connectivity index (χ0v) is 14.6. The van der Waals surface area contributed by atoms with E-state index < -0.39 is 36.0 Å². The number of aromatic nitrogens is 1. The van der Waals surface area contributed by atoms with Crippen LogP contribution in [0.25, 0.3) is 0 Å². The maximum absolute atomic E-state index is 10.8. The number of aliphatic hydroxyl groups is 1. The highest BCUT2D eigenvalue weighted by atomic mass is 19.4. The summed E-state index contributed by atoms with van der Waals surface area (Å²) in [6.45, 7) is 0.365. The fraction of sp³-hybridized carbons (Fsp3) is 0.429. The van der Waals surface area contributed by atoms with E-state index in [0.29, 0.717) is 24.2 Å². The summed E-state index contributed by atoms with van der Waals surface area (Å²) in [6, 6.07) is 1.63. The van der Waals surface area contributed by atoms with Gasteiger partial charge >= 0.3 is 30.4 Å². The Balaban J connectivity index is 0.000000503. The average Bonchev–Trinajstić information content (AvgIpc) is 2.98. The lowest BCUT2D eigenvalue weighted by molar-refractivity contribution is -0.193. The molecule has 1 amide bonds. The van der Waals surface area contributed by atoms with Crippen LogP contribution in [0.3, 0.4) is 0 Å². The lowest BCUT2D eigenvalue weighted by atomic mass is 9.93. The van der Waals surface area contributed by atoms with E-state index in [2.05, 4.69) is 4.98 Å². The molecule has 1 saturated heterocycles. The number of hydrogen-bond donors (Lipinski definition) is 5. The number of carbonyl (C=O) groups is 3. The number of nitrogens with two attached hydrogens (primary N) is 1. The van der Waals surface area contributed by atoms with E-state index in [0.717, 1.165) is 0 Å². The second kappa shape index (κ2) is 9.95. The first-order chi connectivity index (χ1) is 13.4. The molecule has 0 saturated carbocycles. The summed E-state index contributed by atoms with van der Waals surface area (Å²) in [5, 5.41) is 33.4. The third-order valence-electron chi connectivity index (χ3n) is 3.36. The smallest absolute Gasteiger partial charge is 0.475 e. The van der Waals surface area contributed by atoms with Gasteiger partial charge in [0.25, 0.3) is 0 Å². The highest BCUT2D eigenvalue weighted by molar-refractivity contribution is 5.73. The van der Waals surface area contributed by atoms with E-state index >= 15 is 0 Å². The number of nitrogen functional groups attached to an aromatic ring is 1. The predicted molar refractivity (Wildman–Crippen MR) is 84.1 cm³/mol. The van der Waals surface area contributed by atoms with Crippen LogP contribution >= 0.6 is 0 Å². The zero-order valence-electron chi connectivity index (χ0n) is 14.6. The van der Waals surface area contributed by atoms with Gasteiger partial charge in [-0.3, -0.25) is 4.98 Å². The van der Waals surface area contributed by atoms with Crippen molar-refractivity contribution in [2.45, 2.75) is 24.4 Å². The largest absolute Gasteiger partial charge is 0.490 e. The molecule has 1 aliphatic rings. The standard InChI is InChI=1S/C10H13N3O3.2C2HF3O2/c11-8-5-12-3-1-7(8)10(16)2-4-13(6-10)9(14)15;2*3-2(4,5)1(6)7/h1,3,5,16H,2,4,6,11H2,(H,14,15);2*(H,6,7). The number of halogens is 6. The predicted octanol–water partition coefficient (Wildman–Crippen LogP) is 1.50. The van der Waals surface area contributed by atoms with Gasteiger partial charge in [-0.2, -0.15) is 26.3 Å². The van der Waals surface area contributed by atoms with Gasteiger partial charge < -0.3 is 31.1 Å². The molecular formula is C14H15F6N3O7. The van der Waals surface area contributed by atoms with Gasteiger partial charge in [-0.1, -0.05) is 0 Å². The summed E-state index contributed by atoms with van der Waals surface area (Å²) in [5.41, 5.74) is 5.46. The molecule has 2 rings (SSSR count). The monoisotopic (exact) mass is 451 g/mol. The van der Waals surface area contributed by atoms with Crippen LogP contribution in [0.4, 0.5) is 36.8 Å². The van der Waals surface area contributed by atoms with Crippen molar-refractivity contribution < 1.29 is 61.2 Å². The van der Waals surface area contributed by atoms with Crippen LogP contribution in [0.1, 0.15) is 12.0 Å². The van der Waals surface area contributed by atoms with Crippen molar-refractivity contribution in [2.24, 2.45) is 0 Å². The first-order valence-corrected chi connectivity index (χ1v) is 7.42. The lowest BCUT2D eigenvalue weighted by Gasteiger charge is -2.24. The van der Waals surface area contributed by atoms with Gasteiger partial charge in [-0.05, 0) is 12.5 Å². The number of β-amino-alcohol motifs (C(OH)–C–C–N with tert-alkyl or cyclic N) is 1. The summed E-state index contributed by atoms with van der Waals surface area (Å²) < 4.78 is 63.5. The number of pyridine rings is 1. The molecule has 1 fully saturated rings. The van der Waals surface area contributed by atoms with Crippen molar-refractivity contribution >= 4 is 23.7 Å². The Morgan fingerprint density at radius 3 is 1.77 bits per heavy atom. The van der Waals surface area contributed by atoms with Crippen molar-refractivity contribution in [3.8, 4) is 0 Å². The van der Waals surface area contributed by atoms with Crippen LogP contribution in [-0.4, -0.2) is 73.8 Å². The summed E-state index contributed by atoms with van der Waals surface area (Å²) in [5.74, 6) is -5.51. The summed E-state index contributed by atoms with van der Waals surface area (Å²) in [7, 11) is 0. The Labute approximate surface area is 163 Å². The number of likely N-dealkylation sites (tertiary alicyclic amines) is 1. The minimum Gasteiger partial charge on any atom is -0.475 e. The average molecular weight is 451 g/mol. The molecule has 16 heteroatoms. The Kier molecular flexibility index (Phi) is 8.85. The van der Waals surface area contributed by atoms with E-state index in [4.69, 9.17) is 30.6 Å². The Morgan fingerprint density at radius 2 is 1.47 bits per heavy atom. The maximum Gasteiger partial charge on any atom is 0.490 e. The minimum absolute atomic E-state index is 0.0521. The summed E-state index contributed by atoms with van der Waals surface area (Å²) in [4.78, 5) is 33.6. The highest BCUT2D eigenvalue weighted by Gasteiger charge is 2.41. The second-order valence-corrected chi connectivity index (χ2v) is 5.55. The molecule has 0 spiro atoms. The second-order valence-electron chi connectivity index (χ2n) is 5.55. The molecule has 1 atom stereocenters. The van der Waals surface area contributed by atoms with Gasteiger partial charge in [0.2, 0.25) is 0 Å². The fourth-order valence-electron chi connectivity index (χ4n) is 2.01. The van der Waals surface area contributed by atoms with Gasteiger partial charge in [-0.15, -0.1) is 0 Å². The number of amides is 1. The first kappa shape index (κ1) is 26.7. The third kappa shape index (κ3) is 8.38. The number of carboxylic acid groups (broad SMARTS) is 3. The number of rotatable bonds is 1. The Hall–Kier alpha value is -3.30. The molecule has 0 radical (unpaired) electrons. The first-order valence-electron chi connectivity index (χ1n) is 7.42. The number of anilines is 1. The number of nitrogens with zero attached hydrogens (tertiary/aromatic N) is 2. The van der Waals surface area contributed by atoms with Crippen LogP contribution < -0.4 is 5.73 Å². The quantitative estimate of drug-likeness (QED) is 0.396. The van der Waals surface area contributed by atoms with Crippen LogP contribution in [-0.2, 0) is 15.2 Å². The number of carboxylic acids is 2. The van der Waals surface area contributed by atoms with Crippen molar-refractivity contribution in [2.75, 3.05) is 18.8 Å². The molecule has 2 heterocycles. The van der Waals surface area contributed by atoms with E-state index in [9.17, 15) is 36.2 Å². The third-order valence-corrected chi connectivity index (χ3v) is 3.36. The van der Waals surface area contributed by atoms with Crippen molar-refractivity contribution in [3.05, 3.63) is 24.0 Å². The molecule has 0 aromatic carbocycles. The van der Waals surface area contributed by atoms with Crippen molar-refractivity contribution in [1.82, 2.24) is 9.88 Å². The van der Waals surface area contributed by atoms with Gasteiger partial charge in [0.05, 0.1) is 18.4 Å². The molecule has 1 unspecified atom stereocenters. The minimum atomic E-state index is -5.08. The van der Waals surface area contributed by atoms with Gasteiger partial charge in [-0.25, -0.2) is 14.4 Å². The van der Waals surface area contributed by atoms with Gasteiger partial charge in [0.1, 0.15) is 5.60 Å². The zero-order chi connectivity index (χ0) is 23.9. The Bertz CT molecular complexity index is 747. The molecule has 0 aliphatic carbocycles. The normalized spacial score (nSPS) is 18.4. The van der Waals surface area contributed by atoms with Crippen molar-refractivity contribution in [1.29, 1.82) is 0 Å². The molecule has 170 valence electrons. The van der Waals surface area contributed by atoms with Gasteiger partial charge in [0, 0.05) is 18.3 Å². The summed E-state index contributed by atoms with van der Waals surface area (Å²) in [6.07, 6.45) is -7.85. The van der Waals surface area contributed by atoms with E-state index in [-0.39, 0.29) is 6.54 Å². The lowest BCUT2D eigenvalue weighted by Crippen LogP contribution is -2.34. The highest BCUT2D eigenvalue weighted by Crippen LogP contribution is 2.34. The van der Waals surface area contributed by atoms with E-state index in [1.165, 1.54) is 17.3 Å². The van der Waals surface area contributed by atoms with E-state index in [1.54, 1.807) is 6.07 Å². The number of alkyl halides is 6. The number of aliphatic carboxylic acids is 2. The SMILES string of the molecule is Nc1cnccc1C1(O)CCN(C(=O)O)C1.O=C(O)C(F)(F)F.O=C(O)C(F)(F)F. The van der Waals surface area contributed by atoms with E-state index in [1.807, 2.05) is 0 Å². The molecule has 30 heavy (non-hydrogen) atoms.